The summed E-state index contributed by atoms with van der Waals surface area (Å²) >= 11 is 0. The van der Waals surface area contributed by atoms with Crippen molar-refractivity contribution in [2.24, 2.45) is 0 Å². The maximum atomic E-state index is 11.4. The molecule has 0 aliphatic carbocycles. The van der Waals surface area contributed by atoms with Crippen molar-refractivity contribution in [2.75, 3.05) is 5.75 Å². The smallest absolute Gasteiger partial charge is 0.273 e. The van der Waals surface area contributed by atoms with Crippen LogP contribution in [0.15, 0.2) is 42.5 Å². The molecule has 2 aromatic carbocycles. The third-order valence-electron chi connectivity index (χ3n) is 2.89. The van der Waals surface area contributed by atoms with Crippen LogP contribution >= 0.6 is 0 Å². The van der Waals surface area contributed by atoms with Gasteiger partial charge < -0.3 is 0 Å². The van der Waals surface area contributed by atoms with E-state index in [-0.39, 0.29) is 5.56 Å². The van der Waals surface area contributed by atoms with Crippen LogP contribution in [0.1, 0.15) is 10.8 Å². The highest BCUT2D eigenvalue weighted by molar-refractivity contribution is 7.89. The Labute approximate surface area is 116 Å². The molecular weight excluding hydrogens is 304 g/mol. The third-order valence-corrected chi connectivity index (χ3v) is 5.00. The van der Waals surface area contributed by atoms with Crippen molar-refractivity contribution in [2.45, 2.75) is 5.25 Å². The molecule has 8 heteroatoms. The molecule has 0 amide bonds. The second-order valence-corrected chi connectivity index (χ2v) is 7.42. The fraction of sp³-hybridized carbons (Fsp3) is 0.167. The molecule has 0 spiro atoms. The van der Waals surface area contributed by atoms with Gasteiger partial charge in [-0.3, -0.25) is 9.11 Å². The molecule has 6 nitrogen and oxygen atoms in total. The largest absolute Gasteiger partial charge is 0.285 e. The van der Waals surface area contributed by atoms with E-state index in [1.54, 1.807) is 36.4 Å². The lowest BCUT2D eigenvalue weighted by Gasteiger charge is -2.15. The Balaban J connectivity index is 2.69. The predicted octanol–water partition coefficient (Wildman–Crippen LogP) is 1.66. The summed E-state index contributed by atoms with van der Waals surface area (Å²) in [6, 6.07) is 11.5. The Morgan fingerprint density at radius 2 is 1.50 bits per heavy atom. The Bertz CT molecular complexity index is 834. The van der Waals surface area contributed by atoms with Gasteiger partial charge in [-0.25, -0.2) is 0 Å². The fourth-order valence-corrected chi connectivity index (χ4v) is 4.35. The minimum absolute atomic E-state index is 0.128. The van der Waals surface area contributed by atoms with Gasteiger partial charge in [-0.2, -0.15) is 16.8 Å². The molecule has 0 fully saturated rings. The van der Waals surface area contributed by atoms with Crippen LogP contribution < -0.4 is 0 Å². The van der Waals surface area contributed by atoms with E-state index in [2.05, 4.69) is 0 Å². The summed E-state index contributed by atoms with van der Waals surface area (Å²) in [7, 11) is -9.24. The van der Waals surface area contributed by atoms with E-state index in [4.69, 9.17) is 4.55 Å². The molecule has 1 unspecified atom stereocenters. The highest BCUT2D eigenvalue weighted by Crippen LogP contribution is 2.30. The molecule has 20 heavy (non-hydrogen) atoms. The van der Waals surface area contributed by atoms with Gasteiger partial charge in [-0.05, 0) is 16.3 Å². The van der Waals surface area contributed by atoms with Gasteiger partial charge in [0.15, 0.2) is 0 Å². The predicted molar refractivity (Wildman–Crippen MR) is 74.7 cm³/mol. The van der Waals surface area contributed by atoms with Crippen molar-refractivity contribution in [3.05, 3.63) is 48.0 Å². The molecule has 108 valence electrons. The number of hydrogen-bond acceptors (Lipinski definition) is 4. The Hall–Kier alpha value is -1.48. The standard InChI is InChI=1S/C12H12O6S2/c13-19(14,15)8-12(20(16,17)18)11-7-3-5-9-4-1-2-6-10(9)11/h1-7,12H,8H2,(H,13,14,15)(H,16,17,18). The normalized spacial score (nSPS) is 14.3. The van der Waals surface area contributed by atoms with Crippen molar-refractivity contribution in [3.63, 3.8) is 0 Å². The lowest BCUT2D eigenvalue weighted by Crippen LogP contribution is -2.21. The van der Waals surface area contributed by atoms with E-state index in [9.17, 15) is 21.4 Å². The SMILES string of the molecule is O=S(=O)(O)CC(c1cccc2ccccc12)S(=O)(=O)O. The monoisotopic (exact) mass is 316 g/mol. The quantitative estimate of drug-likeness (QED) is 0.830. The summed E-state index contributed by atoms with van der Waals surface area (Å²) in [5, 5.41) is -0.529. The van der Waals surface area contributed by atoms with Crippen LogP contribution in [0.5, 0.6) is 0 Å². The molecular formula is C12H12O6S2. The molecule has 0 aromatic heterocycles. The van der Waals surface area contributed by atoms with Gasteiger partial charge in [0.25, 0.3) is 20.2 Å². The molecule has 2 N–H and O–H groups in total. The van der Waals surface area contributed by atoms with Gasteiger partial charge in [0.1, 0.15) is 5.25 Å². The second kappa shape index (κ2) is 5.13. The minimum atomic E-state index is -4.68. The first-order valence-corrected chi connectivity index (χ1v) is 8.69. The summed E-state index contributed by atoms with van der Waals surface area (Å²) in [6.07, 6.45) is 0. The molecule has 0 aliphatic rings. The first-order chi connectivity index (χ1) is 9.18. The van der Waals surface area contributed by atoms with E-state index in [0.29, 0.717) is 10.8 Å². The zero-order valence-electron chi connectivity index (χ0n) is 10.2. The Morgan fingerprint density at radius 3 is 2.10 bits per heavy atom. The van der Waals surface area contributed by atoms with Crippen LogP contribution in [0.4, 0.5) is 0 Å². The van der Waals surface area contributed by atoms with E-state index in [1.807, 2.05) is 0 Å². The van der Waals surface area contributed by atoms with Gasteiger partial charge in [-0.1, -0.05) is 42.5 Å². The third kappa shape index (κ3) is 3.34. The molecule has 0 heterocycles. The highest BCUT2D eigenvalue weighted by atomic mass is 32.2. The Kier molecular flexibility index (Phi) is 3.83. The average molecular weight is 316 g/mol. The van der Waals surface area contributed by atoms with Crippen molar-refractivity contribution in [1.82, 2.24) is 0 Å². The van der Waals surface area contributed by atoms with Gasteiger partial charge >= 0.3 is 0 Å². The van der Waals surface area contributed by atoms with E-state index in [0.717, 1.165) is 0 Å². The topological polar surface area (TPSA) is 109 Å². The lowest BCUT2D eigenvalue weighted by atomic mass is 10.0. The van der Waals surface area contributed by atoms with Crippen LogP contribution in [0.3, 0.4) is 0 Å². The zero-order valence-corrected chi connectivity index (χ0v) is 11.8. The Morgan fingerprint density at radius 1 is 0.900 bits per heavy atom. The summed E-state index contributed by atoms with van der Waals surface area (Å²) in [5.41, 5.74) is 0.128. The summed E-state index contributed by atoms with van der Waals surface area (Å²) in [5.74, 6) is -1.10. The van der Waals surface area contributed by atoms with Crippen LogP contribution in [-0.2, 0) is 20.2 Å². The summed E-state index contributed by atoms with van der Waals surface area (Å²) in [6.45, 7) is 0. The van der Waals surface area contributed by atoms with Crippen LogP contribution in [0.2, 0.25) is 0 Å². The fourth-order valence-electron chi connectivity index (χ4n) is 2.06. The van der Waals surface area contributed by atoms with Gasteiger partial charge in [-0.15, -0.1) is 0 Å². The first kappa shape index (κ1) is 14.9. The van der Waals surface area contributed by atoms with Gasteiger partial charge in [0.05, 0.1) is 5.75 Å². The molecule has 0 saturated carbocycles. The highest BCUT2D eigenvalue weighted by Gasteiger charge is 2.31. The van der Waals surface area contributed by atoms with Crippen molar-refractivity contribution >= 4 is 31.0 Å². The lowest BCUT2D eigenvalue weighted by molar-refractivity contribution is 0.459. The van der Waals surface area contributed by atoms with Crippen molar-refractivity contribution in [1.29, 1.82) is 0 Å². The molecule has 1 atom stereocenters. The maximum absolute atomic E-state index is 11.4. The maximum Gasteiger partial charge on any atom is 0.273 e. The van der Waals surface area contributed by atoms with Crippen molar-refractivity contribution in [3.8, 4) is 0 Å². The van der Waals surface area contributed by atoms with Gasteiger partial charge in [0, 0.05) is 0 Å². The summed E-state index contributed by atoms with van der Waals surface area (Å²) < 4.78 is 63.0. The van der Waals surface area contributed by atoms with E-state index >= 15 is 0 Å². The van der Waals surface area contributed by atoms with Crippen LogP contribution in [0, 0.1) is 0 Å². The van der Waals surface area contributed by atoms with Crippen LogP contribution in [0.25, 0.3) is 10.8 Å². The average Bonchev–Trinajstić information content (AvgIpc) is 2.33. The number of hydrogen-bond donors (Lipinski definition) is 2. The number of benzene rings is 2. The molecule has 2 rings (SSSR count). The zero-order chi connectivity index (χ0) is 15.0. The van der Waals surface area contributed by atoms with E-state index in [1.165, 1.54) is 6.07 Å². The molecule has 0 aliphatic heterocycles. The second-order valence-electron chi connectivity index (χ2n) is 4.32. The first-order valence-electron chi connectivity index (χ1n) is 5.57. The van der Waals surface area contributed by atoms with Gasteiger partial charge in [0.2, 0.25) is 0 Å². The number of fused-ring (bicyclic) bond motifs is 1. The molecule has 0 radical (unpaired) electrons. The summed E-state index contributed by atoms with van der Waals surface area (Å²) in [4.78, 5) is 0. The molecule has 0 saturated heterocycles. The van der Waals surface area contributed by atoms with Crippen LogP contribution in [-0.4, -0.2) is 31.7 Å². The number of rotatable bonds is 4. The minimum Gasteiger partial charge on any atom is -0.285 e. The molecule has 2 aromatic rings. The van der Waals surface area contributed by atoms with Crippen molar-refractivity contribution < 1.29 is 25.9 Å². The molecule has 0 bridgehead atoms. The van der Waals surface area contributed by atoms with E-state index < -0.39 is 31.2 Å².